The zero-order chi connectivity index (χ0) is 16.1. The molecule has 0 atom stereocenters. The van der Waals surface area contributed by atoms with Crippen molar-refractivity contribution in [2.75, 3.05) is 0 Å². The van der Waals surface area contributed by atoms with E-state index >= 15 is 0 Å². The highest BCUT2D eigenvalue weighted by molar-refractivity contribution is 5.86. The van der Waals surface area contributed by atoms with Crippen molar-refractivity contribution in [3.05, 3.63) is 96.6 Å². The standard InChI is InChI=1S/C13H14.C10H8/c1-10(2)12-9-5-7-11-6-3-4-8-13(11)12;1-2-6-10-8-4-3-7-9(10)5-1/h3-10H,1-2H3;1-8H. The molecule has 0 nitrogen and oxygen atoms in total. The van der Waals surface area contributed by atoms with Crippen LogP contribution in [0.25, 0.3) is 21.5 Å². The van der Waals surface area contributed by atoms with Crippen LogP contribution < -0.4 is 0 Å². The van der Waals surface area contributed by atoms with E-state index < -0.39 is 0 Å². The van der Waals surface area contributed by atoms with E-state index in [0.29, 0.717) is 5.92 Å². The molecule has 4 rings (SSSR count). The molecule has 0 aliphatic carbocycles. The molecule has 0 fully saturated rings. The fraction of sp³-hybridized carbons (Fsp3) is 0.130. The van der Waals surface area contributed by atoms with Gasteiger partial charge in [0.1, 0.15) is 0 Å². The van der Waals surface area contributed by atoms with Crippen LogP contribution in [-0.2, 0) is 0 Å². The third kappa shape index (κ3) is 3.60. The lowest BCUT2D eigenvalue weighted by Gasteiger charge is -2.08. The van der Waals surface area contributed by atoms with E-state index in [-0.39, 0.29) is 0 Å². The van der Waals surface area contributed by atoms with Crippen molar-refractivity contribution in [2.24, 2.45) is 0 Å². The van der Waals surface area contributed by atoms with E-state index in [9.17, 15) is 0 Å². The minimum Gasteiger partial charge on any atom is -0.0616 e. The van der Waals surface area contributed by atoms with E-state index in [0.717, 1.165) is 0 Å². The number of fused-ring (bicyclic) bond motifs is 2. The van der Waals surface area contributed by atoms with Crippen LogP contribution in [0.1, 0.15) is 25.3 Å². The van der Waals surface area contributed by atoms with Crippen molar-refractivity contribution < 1.29 is 0 Å². The Balaban J connectivity index is 0.000000140. The summed E-state index contributed by atoms with van der Waals surface area (Å²) in [7, 11) is 0. The zero-order valence-corrected chi connectivity index (χ0v) is 13.7. The molecule has 0 N–H and O–H groups in total. The first-order valence-electron chi connectivity index (χ1n) is 8.17. The summed E-state index contributed by atoms with van der Waals surface area (Å²) >= 11 is 0. The molecule has 4 aromatic carbocycles. The second-order valence-electron chi connectivity index (χ2n) is 6.07. The minimum absolute atomic E-state index is 0.603. The summed E-state index contributed by atoms with van der Waals surface area (Å²) in [4.78, 5) is 0. The Morgan fingerprint density at radius 1 is 0.478 bits per heavy atom. The number of rotatable bonds is 1. The van der Waals surface area contributed by atoms with Gasteiger partial charge >= 0.3 is 0 Å². The lowest BCUT2D eigenvalue weighted by molar-refractivity contribution is 0.876. The Kier molecular flexibility index (Phi) is 4.73. The second-order valence-corrected chi connectivity index (χ2v) is 6.07. The van der Waals surface area contributed by atoms with Crippen LogP contribution >= 0.6 is 0 Å². The van der Waals surface area contributed by atoms with Crippen molar-refractivity contribution >= 4 is 21.5 Å². The van der Waals surface area contributed by atoms with Gasteiger partial charge in [0.2, 0.25) is 0 Å². The van der Waals surface area contributed by atoms with Crippen molar-refractivity contribution in [1.29, 1.82) is 0 Å². The van der Waals surface area contributed by atoms with Gasteiger partial charge in [-0.3, -0.25) is 0 Å². The zero-order valence-electron chi connectivity index (χ0n) is 13.7. The molecule has 0 radical (unpaired) electrons. The normalized spacial score (nSPS) is 10.6. The Labute approximate surface area is 138 Å². The summed E-state index contributed by atoms with van der Waals surface area (Å²) in [6, 6.07) is 31.8. The van der Waals surface area contributed by atoms with E-state index in [1.165, 1.54) is 27.1 Å². The van der Waals surface area contributed by atoms with Crippen LogP contribution in [0.5, 0.6) is 0 Å². The molecule has 0 heterocycles. The van der Waals surface area contributed by atoms with Crippen LogP contribution in [0.15, 0.2) is 91.0 Å². The van der Waals surface area contributed by atoms with Crippen LogP contribution in [0.4, 0.5) is 0 Å². The largest absolute Gasteiger partial charge is 0.0616 e. The van der Waals surface area contributed by atoms with Crippen LogP contribution in [-0.4, -0.2) is 0 Å². The summed E-state index contributed by atoms with van der Waals surface area (Å²) < 4.78 is 0. The Morgan fingerprint density at radius 2 is 0.913 bits per heavy atom. The molecule has 0 saturated carbocycles. The van der Waals surface area contributed by atoms with Crippen molar-refractivity contribution in [2.45, 2.75) is 19.8 Å². The third-order valence-electron chi connectivity index (χ3n) is 4.10. The molecule has 4 aromatic rings. The number of hydrogen-bond donors (Lipinski definition) is 0. The lowest BCUT2D eigenvalue weighted by atomic mass is 9.96. The molecule has 114 valence electrons. The van der Waals surface area contributed by atoms with Crippen molar-refractivity contribution in [3.63, 3.8) is 0 Å². The first-order chi connectivity index (χ1) is 11.3. The lowest BCUT2D eigenvalue weighted by Crippen LogP contribution is -1.88. The Bertz CT molecular complexity index is 833. The topological polar surface area (TPSA) is 0 Å². The summed E-state index contributed by atoms with van der Waals surface area (Å²) in [6.45, 7) is 4.48. The van der Waals surface area contributed by atoms with Gasteiger partial charge in [-0.25, -0.2) is 0 Å². The maximum atomic E-state index is 2.24. The Morgan fingerprint density at radius 3 is 1.43 bits per heavy atom. The van der Waals surface area contributed by atoms with Crippen LogP contribution in [0, 0.1) is 0 Å². The molecular formula is C23H22. The van der Waals surface area contributed by atoms with Gasteiger partial charge in [-0.15, -0.1) is 0 Å². The van der Waals surface area contributed by atoms with E-state index in [1.807, 2.05) is 0 Å². The van der Waals surface area contributed by atoms with Gasteiger partial charge in [-0.2, -0.15) is 0 Å². The first-order valence-corrected chi connectivity index (χ1v) is 8.17. The van der Waals surface area contributed by atoms with Gasteiger partial charge in [-0.1, -0.05) is 105 Å². The van der Waals surface area contributed by atoms with Gasteiger partial charge in [0.25, 0.3) is 0 Å². The molecule has 0 amide bonds. The minimum atomic E-state index is 0.603. The molecular weight excluding hydrogens is 276 g/mol. The van der Waals surface area contributed by atoms with Crippen molar-refractivity contribution in [3.8, 4) is 0 Å². The summed E-state index contributed by atoms with van der Waals surface area (Å²) in [5, 5.41) is 5.35. The molecule has 0 aromatic heterocycles. The van der Waals surface area contributed by atoms with Gasteiger partial charge < -0.3 is 0 Å². The van der Waals surface area contributed by atoms with Gasteiger partial charge in [0.05, 0.1) is 0 Å². The summed E-state index contributed by atoms with van der Waals surface area (Å²) in [5.41, 5.74) is 1.44. The van der Waals surface area contributed by atoms with Crippen molar-refractivity contribution in [1.82, 2.24) is 0 Å². The molecule has 0 aliphatic heterocycles. The summed E-state index contributed by atoms with van der Waals surface area (Å²) in [6.07, 6.45) is 0. The van der Waals surface area contributed by atoms with Gasteiger partial charge in [0, 0.05) is 0 Å². The highest BCUT2D eigenvalue weighted by Gasteiger charge is 2.02. The monoisotopic (exact) mass is 298 g/mol. The van der Waals surface area contributed by atoms with Gasteiger partial charge in [0.15, 0.2) is 0 Å². The SMILES string of the molecule is CC(C)c1cccc2ccccc12.c1ccc2ccccc2c1. The molecule has 0 heteroatoms. The van der Waals surface area contributed by atoms with E-state index in [2.05, 4.69) is 105 Å². The van der Waals surface area contributed by atoms with E-state index in [1.54, 1.807) is 0 Å². The highest BCUT2D eigenvalue weighted by atomic mass is 14.1. The fourth-order valence-electron chi connectivity index (χ4n) is 2.89. The highest BCUT2D eigenvalue weighted by Crippen LogP contribution is 2.24. The maximum Gasteiger partial charge on any atom is -0.0149 e. The third-order valence-corrected chi connectivity index (χ3v) is 4.10. The smallest absolute Gasteiger partial charge is 0.0149 e. The van der Waals surface area contributed by atoms with Crippen LogP contribution in [0.3, 0.4) is 0 Å². The molecule has 23 heavy (non-hydrogen) atoms. The predicted octanol–water partition coefficient (Wildman–Crippen LogP) is 6.80. The van der Waals surface area contributed by atoms with E-state index in [4.69, 9.17) is 0 Å². The number of benzene rings is 4. The molecule has 0 saturated heterocycles. The number of hydrogen-bond acceptors (Lipinski definition) is 0. The molecule has 0 spiro atoms. The first kappa shape index (κ1) is 15.3. The summed E-state index contributed by atoms with van der Waals surface area (Å²) in [5.74, 6) is 0.603. The average Bonchev–Trinajstić information content (AvgIpc) is 2.62. The predicted molar refractivity (Wildman–Crippen MR) is 102 cm³/mol. The fourth-order valence-corrected chi connectivity index (χ4v) is 2.89. The van der Waals surface area contributed by atoms with Crippen LogP contribution in [0.2, 0.25) is 0 Å². The van der Waals surface area contributed by atoms with Gasteiger partial charge in [-0.05, 0) is 33.0 Å². The quantitative estimate of drug-likeness (QED) is 0.362. The molecule has 0 bridgehead atoms. The second kappa shape index (κ2) is 7.11. The Hall–Kier alpha value is -2.60. The maximum absolute atomic E-state index is 2.24. The molecule has 0 unspecified atom stereocenters. The average molecular weight is 298 g/mol. The molecule has 0 aliphatic rings.